The molecule has 0 aromatic heterocycles. The van der Waals surface area contributed by atoms with Crippen molar-refractivity contribution in [1.29, 1.82) is 5.26 Å². The molecule has 0 aliphatic heterocycles. The molecular weight excluding hydrogens is 266 g/mol. The standard InChI is InChI=1S/C17H21NO3/c1-16(20)14-9-4-3-7-13(14)8-5-10-17(16,11-6-12-18)15(19)21-2/h3-4,7,9,20H,5-6,8,10-11H2,1-2H3/t16-,17-/m0/s1. The SMILES string of the molecule is COC(=O)[C@@]1(CCC#N)CCCc2ccccc2[C@]1(C)O. The molecule has 112 valence electrons. The lowest BCUT2D eigenvalue weighted by Crippen LogP contribution is -2.49. The van der Waals surface area contributed by atoms with Crippen LogP contribution in [0.15, 0.2) is 24.3 Å². The number of carbonyl (C=O) groups excluding carboxylic acids is 1. The third kappa shape index (κ3) is 2.43. The van der Waals surface area contributed by atoms with Gasteiger partial charge in [-0.2, -0.15) is 5.26 Å². The maximum absolute atomic E-state index is 12.5. The van der Waals surface area contributed by atoms with Gasteiger partial charge in [0.2, 0.25) is 0 Å². The van der Waals surface area contributed by atoms with E-state index in [1.54, 1.807) is 6.92 Å². The third-order valence-corrected chi connectivity index (χ3v) is 4.76. The molecule has 2 atom stereocenters. The average Bonchev–Trinajstić information content (AvgIpc) is 2.60. The normalized spacial score (nSPS) is 28.1. The van der Waals surface area contributed by atoms with Gasteiger partial charge in [0.1, 0.15) is 11.0 Å². The van der Waals surface area contributed by atoms with E-state index < -0.39 is 17.0 Å². The zero-order valence-electron chi connectivity index (χ0n) is 12.6. The molecule has 0 radical (unpaired) electrons. The fourth-order valence-electron chi connectivity index (χ4n) is 3.53. The number of rotatable bonds is 3. The largest absolute Gasteiger partial charge is 0.468 e. The number of ether oxygens (including phenoxy) is 1. The second-order valence-corrected chi connectivity index (χ2v) is 5.81. The van der Waals surface area contributed by atoms with E-state index in [0.717, 1.165) is 24.0 Å². The van der Waals surface area contributed by atoms with Crippen molar-refractivity contribution in [3.05, 3.63) is 35.4 Å². The van der Waals surface area contributed by atoms with Gasteiger partial charge in [-0.1, -0.05) is 24.3 Å². The van der Waals surface area contributed by atoms with Crippen molar-refractivity contribution in [3.63, 3.8) is 0 Å². The highest BCUT2D eigenvalue weighted by Gasteiger charge is 2.55. The lowest BCUT2D eigenvalue weighted by Gasteiger charge is -2.42. The molecule has 2 rings (SSSR count). The summed E-state index contributed by atoms with van der Waals surface area (Å²) in [6.07, 6.45) is 2.64. The maximum Gasteiger partial charge on any atom is 0.315 e. The molecule has 0 heterocycles. The zero-order chi connectivity index (χ0) is 15.5. The van der Waals surface area contributed by atoms with E-state index in [9.17, 15) is 9.90 Å². The highest BCUT2D eigenvalue weighted by atomic mass is 16.5. The molecule has 1 aliphatic carbocycles. The monoisotopic (exact) mass is 287 g/mol. The number of carbonyl (C=O) groups is 1. The Balaban J connectivity index is 2.59. The van der Waals surface area contributed by atoms with Gasteiger partial charge in [-0.15, -0.1) is 0 Å². The Kier molecular flexibility index (Phi) is 4.34. The summed E-state index contributed by atoms with van der Waals surface area (Å²) in [7, 11) is 1.34. The first-order valence-electron chi connectivity index (χ1n) is 7.26. The smallest absolute Gasteiger partial charge is 0.315 e. The Morgan fingerprint density at radius 1 is 1.48 bits per heavy atom. The lowest BCUT2D eigenvalue weighted by molar-refractivity contribution is -0.175. The van der Waals surface area contributed by atoms with Crippen molar-refractivity contribution in [2.45, 2.75) is 44.6 Å². The second-order valence-electron chi connectivity index (χ2n) is 5.81. The van der Waals surface area contributed by atoms with E-state index in [0.29, 0.717) is 12.8 Å². The van der Waals surface area contributed by atoms with Crippen LogP contribution in [0.2, 0.25) is 0 Å². The molecule has 0 fully saturated rings. The Hall–Kier alpha value is -1.86. The van der Waals surface area contributed by atoms with E-state index in [4.69, 9.17) is 10.00 Å². The summed E-state index contributed by atoms with van der Waals surface area (Å²) in [5, 5.41) is 20.2. The Morgan fingerprint density at radius 2 is 2.19 bits per heavy atom. The number of fused-ring (bicyclic) bond motifs is 1. The number of esters is 1. The molecule has 0 unspecified atom stereocenters. The number of aliphatic hydroxyl groups is 1. The van der Waals surface area contributed by atoms with Crippen molar-refractivity contribution in [3.8, 4) is 6.07 Å². The second kappa shape index (κ2) is 5.87. The average molecular weight is 287 g/mol. The van der Waals surface area contributed by atoms with Gasteiger partial charge in [0.05, 0.1) is 13.2 Å². The van der Waals surface area contributed by atoms with Crippen LogP contribution in [0.3, 0.4) is 0 Å². The predicted octanol–water partition coefficient (Wildman–Crippen LogP) is 2.69. The highest BCUT2D eigenvalue weighted by molar-refractivity contribution is 5.79. The van der Waals surface area contributed by atoms with Crippen LogP contribution in [0.5, 0.6) is 0 Å². The highest BCUT2D eigenvalue weighted by Crippen LogP contribution is 2.50. The van der Waals surface area contributed by atoms with Gasteiger partial charge >= 0.3 is 5.97 Å². The summed E-state index contributed by atoms with van der Waals surface area (Å²) in [6.45, 7) is 1.67. The minimum Gasteiger partial charge on any atom is -0.468 e. The molecule has 1 aromatic rings. The Bertz CT molecular complexity index is 574. The number of nitrogens with zero attached hydrogens (tertiary/aromatic N) is 1. The molecule has 0 spiro atoms. The van der Waals surface area contributed by atoms with Gasteiger partial charge in [0.15, 0.2) is 0 Å². The summed E-state index contributed by atoms with van der Waals surface area (Å²) in [5.74, 6) is -0.431. The van der Waals surface area contributed by atoms with Crippen molar-refractivity contribution in [2.24, 2.45) is 5.41 Å². The molecular formula is C17H21NO3. The summed E-state index contributed by atoms with van der Waals surface area (Å²) >= 11 is 0. The quantitative estimate of drug-likeness (QED) is 0.685. The van der Waals surface area contributed by atoms with Crippen molar-refractivity contribution < 1.29 is 14.6 Å². The molecule has 4 heteroatoms. The molecule has 0 saturated carbocycles. The zero-order valence-corrected chi connectivity index (χ0v) is 12.6. The molecule has 21 heavy (non-hydrogen) atoms. The molecule has 0 amide bonds. The fourth-order valence-corrected chi connectivity index (χ4v) is 3.53. The van der Waals surface area contributed by atoms with Crippen molar-refractivity contribution in [2.75, 3.05) is 7.11 Å². The van der Waals surface area contributed by atoms with Gasteiger partial charge in [-0.05, 0) is 43.7 Å². The summed E-state index contributed by atoms with van der Waals surface area (Å²) < 4.78 is 4.99. The van der Waals surface area contributed by atoms with Crippen molar-refractivity contribution >= 4 is 5.97 Å². The van der Waals surface area contributed by atoms with Gasteiger partial charge in [0.25, 0.3) is 0 Å². The van der Waals surface area contributed by atoms with E-state index in [1.807, 2.05) is 24.3 Å². The predicted molar refractivity (Wildman–Crippen MR) is 78.2 cm³/mol. The summed E-state index contributed by atoms with van der Waals surface area (Å²) in [5.41, 5.74) is -0.579. The molecule has 1 aromatic carbocycles. The first-order valence-corrected chi connectivity index (χ1v) is 7.26. The van der Waals surface area contributed by atoms with E-state index in [2.05, 4.69) is 6.07 Å². The Morgan fingerprint density at radius 3 is 2.86 bits per heavy atom. The van der Waals surface area contributed by atoms with Crippen LogP contribution >= 0.6 is 0 Å². The van der Waals surface area contributed by atoms with Crippen LogP contribution in [-0.2, 0) is 21.6 Å². The molecule has 0 saturated heterocycles. The van der Waals surface area contributed by atoms with Crippen LogP contribution < -0.4 is 0 Å². The van der Waals surface area contributed by atoms with Gasteiger partial charge in [-0.25, -0.2) is 0 Å². The lowest BCUT2D eigenvalue weighted by atomic mass is 9.65. The first kappa shape index (κ1) is 15.5. The van der Waals surface area contributed by atoms with E-state index >= 15 is 0 Å². The number of methoxy groups -OCH3 is 1. The van der Waals surface area contributed by atoms with Crippen LogP contribution in [-0.4, -0.2) is 18.2 Å². The van der Waals surface area contributed by atoms with Crippen LogP contribution in [0.1, 0.15) is 43.7 Å². The van der Waals surface area contributed by atoms with Gasteiger partial charge < -0.3 is 9.84 Å². The molecule has 1 N–H and O–H groups in total. The van der Waals surface area contributed by atoms with Crippen LogP contribution in [0.25, 0.3) is 0 Å². The number of nitriles is 1. The van der Waals surface area contributed by atoms with Gasteiger partial charge in [-0.3, -0.25) is 4.79 Å². The van der Waals surface area contributed by atoms with Crippen LogP contribution in [0.4, 0.5) is 0 Å². The molecule has 1 aliphatic rings. The topological polar surface area (TPSA) is 70.3 Å². The maximum atomic E-state index is 12.5. The number of aryl methyl sites for hydroxylation is 1. The first-order chi connectivity index (χ1) is 9.99. The Labute approximate surface area is 125 Å². The molecule has 0 bridgehead atoms. The number of benzene rings is 1. The minimum atomic E-state index is -1.34. The third-order valence-electron chi connectivity index (χ3n) is 4.76. The van der Waals surface area contributed by atoms with E-state index in [1.165, 1.54) is 7.11 Å². The molecule has 4 nitrogen and oxygen atoms in total. The van der Waals surface area contributed by atoms with Crippen molar-refractivity contribution in [1.82, 2.24) is 0 Å². The summed E-state index contributed by atoms with van der Waals surface area (Å²) in [6, 6.07) is 9.74. The van der Waals surface area contributed by atoms with Crippen LogP contribution in [0, 0.1) is 16.7 Å². The van der Waals surface area contributed by atoms with E-state index in [-0.39, 0.29) is 6.42 Å². The number of hydrogen-bond acceptors (Lipinski definition) is 4. The fraction of sp³-hybridized carbons (Fsp3) is 0.529. The summed E-state index contributed by atoms with van der Waals surface area (Å²) in [4.78, 5) is 12.5. The van der Waals surface area contributed by atoms with Gasteiger partial charge in [0, 0.05) is 6.42 Å². The number of hydrogen-bond donors (Lipinski definition) is 1. The minimum absolute atomic E-state index is 0.216.